The highest BCUT2D eigenvalue weighted by Crippen LogP contribution is 2.22. The van der Waals surface area contributed by atoms with Crippen LogP contribution in [0.2, 0.25) is 0 Å². The number of urea groups is 1. The van der Waals surface area contributed by atoms with E-state index in [2.05, 4.69) is 36.8 Å². The maximum absolute atomic E-state index is 12.0. The molecule has 0 saturated heterocycles. The number of benzene rings is 1. The number of anilines is 1. The molecule has 0 aliphatic rings. The topological polar surface area (TPSA) is 73.5 Å². The number of aryl methyl sites for hydroxylation is 1. The minimum atomic E-state index is -0.365. The first-order valence-corrected chi connectivity index (χ1v) is 9.81. The third kappa shape index (κ3) is 6.12. The van der Waals surface area contributed by atoms with Crippen molar-refractivity contribution in [3.63, 3.8) is 0 Å². The molecule has 0 saturated carbocycles. The maximum Gasteiger partial charge on any atom is 0.315 e. The zero-order chi connectivity index (χ0) is 19.1. The van der Waals surface area contributed by atoms with Crippen molar-refractivity contribution in [2.24, 2.45) is 0 Å². The monoisotopic (exact) mass is 438 g/mol. The fraction of sp³-hybridized carbons (Fsp3) is 0.333. The van der Waals surface area contributed by atoms with Gasteiger partial charge >= 0.3 is 6.03 Å². The van der Waals surface area contributed by atoms with Gasteiger partial charge in [0.15, 0.2) is 0 Å². The van der Waals surface area contributed by atoms with Crippen molar-refractivity contribution >= 4 is 44.9 Å². The molecule has 3 N–H and O–H groups in total. The van der Waals surface area contributed by atoms with E-state index < -0.39 is 0 Å². The summed E-state index contributed by atoms with van der Waals surface area (Å²) in [7, 11) is 3.94. The minimum absolute atomic E-state index is 0.0903. The van der Waals surface area contributed by atoms with Gasteiger partial charge in [-0.15, -0.1) is 11.3 Å². The SMILES string of the molecule is Cc1cc(Br)ccc1NC(=O)CNC(=O)NCC(c1cccs1)N(C)C. The number of amides is 3. The lowest BCUT2D eigenvalue weighted by Gasteiger charge is -2.23. The Bertz CT molecular complexity index is 750. The number of nitrogens with zero attached hydrogens (tertiary/aromatic N) is 1. The molecule has 1 heterocycles. The van der Waals surface area contributed by atoms with Crippen molar-refractivity contribution in [3.05, 3.63) is 50.6 Å². The van der Waals surface area contributed by atoms with E-state index in [9.17, 15) is 9.59 Å². The third-order valence-electron chi connectivity index (χ3n) is 3.82. The van der Waals surface area contributed by atoms with E-state index in [1.807, 2.05) is 56.7 Å². The number of carbonyl (C=O) groups excluding carboxylic acids is 2. The summed E-state index contributed by atoms with van der Waals surface area (Å²) < 4.78 is 0.951. The zero-order valence-electron chi connectivity index (χ0n) is 15.0. The largest absolute Gasteiger partial charge is 0.336 e. The molecule has 140 valence electrons. The van der Waals surface area contributed by atoms with Gasteiger partial charge in [0.2, 0.25) is 5.91 Å². The van der Waals surface area contributed by atoms with Crippen LogP contribution >= 0.6 is 27.3 Å². The van der Waals surface area contributed by atoms with Crippen molar-refractivity contribution in [2.75, 3.05) is 32.5 Å². The van der Waals surface area contributed by atoms with Gasteiger partial charge in [0.25, 0.3) is 0 Å². The first-order valence-electron chi connectivity index (χ1n) is 8.14. The molecule has 6 nitrogen and oxygen atoms in total. The summed E-state index contributed by atoms with van der Waals surface area (Å²) in [6.07, 6.45) is 0. The summed E-state index contributed by atoms with van der Waals surface area (Å²) in [4.78, 5) is 27.2. The number of halogens is 1. The summed E-state index contributed by atoms with van der Waals surface area (Å²) >= 11 is 5.04. The quantitative estimate of drug-likeness (QED) is 0.620. The van der Waals surface area contributed by atoms with Crippen molar-refractivity contribution < 1.29 is 9.59 Å². The molecule has 8 heteroatoms. The van der Waals surface area contributed by atoms with Crippen LogP contribution in [0.3, 0.4) is 0 Å². The Morgan fingerprint density at radius 3 is 2.62 bits per heavy atom. The molecule has 0 bridgehead atoms. The van der Waals surface area contributed by atoms with E-state index in [1.165, 1.54) is 4.88 Å². The second kappa shape index (κ2) is 9.70. The molecular weight excluding hydrogens is 416 g/mol. The van der Waals surface area contributed by atoms with E-state index in [-0.39, 0.29) is 24.5 Å². The van der Waals surface area contributed by atoms with Crippen LogP contribution in [0.4, 0.5) is 10.5 Å². The highest BCUT2D eigenvalue weighted by Gasteiger charge is 2.16. The van der Waals surface area contributed by atoms with Crippen molar-refractivity contribution in [1.82, 2.24) is 15.5 Å². The van der Waals surface area contributed by atoms with Crippen molar-refractivity contribution in [1.29, 1.82) is 0 Å². The Balaban J connectivity index is 1.78. The molecule has 3 amide bonds. The number of hydrogen-bond donors (Lipinski definition) is 3. The Kier molecular flexibility index (Phi) is 7.62. The second-order valence-corrected chi connectivity index (χ2v) is 7.96. The van der Waals surface area contributed by atoms with E-state index in [0.29, 0.717) is 6.54 Å². The summed E-state index contributed by atoms with van der Waals surface area (Å²) in [5, 5.41) is 10.2. The Morgan fingerprint density at radius 1 is 1.23 bits per heavy atom. The number of likely N-dealkylation sites (N-methyl/N-ethyl adjacent to an activating group) is 1. The first-order chi connectivity index (χ1) is 12.4. The average molecular weight is 439 g/mol. The molecule has 26 heavy (non-hydrogen) atoms. The Morgan fingerprint density at radius 2 is 2.00 bits per heavy atom. The number of rotatable bonds is 7. The van der Waals surface area contributed by atoms with Gasteiger partial charge in [-0.3, -0.25) is 4.79 Å². The maximum atomic E-state index is 12.0. The van der Waals surface area contributed by atoms with Crippen LogP contribution < -0.4 is 16.0 Å². The van der Waals surface area contributed by atoms with Crippen LogP contribution in [-0.4, -0.2) is 44.0 Å². The number of hydrogen-bond acceptors (Lipinski definition) is 4. The lowest BCUT2D eigenvalue weighted by molar-refractivity contribution is -0.115. The van der Waals surface area contributed by atoms with Crippen LogP contribution in [0.1, 0.15) is 16.5 Å². The van der Waals surface area contributed by atoms with E-state index in [4.69, 9.17) is 0 Å². The normalized spacial score (nSPS) is 11.9. The predicted octanol–water partition coefficient (Wildman–Crippen LogP) is 3.36. The van der Waals surface area contributed by atoms with Gasteiger partial charge < -0.3 is 20.9 Å². The minimum Gasteiger partial charge on any atom is -0.336 e. The second-order valence-electron chi connectivity index (χ2n) is 6.07. The van der Waals surface area contributed by atoms with Crippen LogP contribution in [0.15, 0.2) is 40.2 Å². The Hall–Kier alpha value is -1.90. The van der Waals surface area contributed by atoms with E-state index in [1.54, 1.807) is 11.3 Å². The summed E-state index contributed by atoms with van der Waals surface area (Å²) in [6.45, 7) is 2.28. The Labute approximate surface area is 166 Å². The predicted molar refractivity (Wildman–Crippen MR) is 110 cm³/mol. The van der Waals surface area contributed by atoms with Gasteiger partial charge in [-0.2, -0.15) is 0 Å². The summed E-state index contributed by atoms with van der Waals surface area (Å²) in [5.74, 6) is -0.270. The van der Waals surface area contributed by atoms with Gasteiger partial charge in [0, 0.05) is 21.6 Å². The molecule has 0 aliphatic carbocycles. The molecule has 0 radical (unpaired) electrons. The summed E-state index contributed by atoms with van der Waals surface area (Å²) in [5.41, 5.74) is 1.67. The van der Waals surface area contributed by atoms with Crippen LogP contribution in [0.25, 0.3) is 0 Å². The smallest absolute Gasteiger partial charge is 0.315 e. The van der Waals surface area contributed by atoms with Crippen molar-refractivity contribution in [2.45, 2.75) is 13.0 Å². The molecule has 1 atom stereocenters. The molecular formula is C18H23BrN4O2S. The molecule has 2 rings (SSSR count). The molecule has 2 aromatic rings. The fourth-order valence-corrected chi connectivity index (χ4v) is 3.79. The number of nitrogens with one attached hydrogen (secondary N) is 3. The van der Waals surface area contributed by atoms with Crippen LogP contribution in [-0.2, 0) is 4.79 Å². The molecule has 1 aromatic heterocycles. The van der Waals surface area contributed by atoms with Gasteiger partial charge in [-0.25, -0.2) is 4.79 Å². The molecule has 0 aliphatic heterocycles. The third-order valence-corrected chi connectivity index (χ3v) is 5.29. The average Bonchev–Trinajstić information content (AvgIpc) is 3.09. The number of thiophene rings is 1. The fourth-order valence-electron chi connectivity index (χ4n) is 2.39. The van der Waals surface area contributed by atoms with Gasteiger partial charge in [-0.05, 0) is 56.2 Å². The van der Waals surface area contributed by atoms with Gasteiger partial charge in [0.1, 0.15) is 0 Å². The molecule has 1 aromatic carbocycles. The lowest BCUT2D eigenvalue weighted by Crippen LogP contribution is -2.43. The highest BCUT2D eigenvalue weighted by molar-refractivity contribution is 9.10. The first kappa shape index (κ1) is 20.4. The van der Waals surface area contributed by atoms with Gasteiger partial charge in [0.05, 0.1) is 12.6 Å². The standard InChI is InChI=1S/C18H23BrN4O2S/c1-12-9-13(19)6-7-14(12)22-17(24)11-21-18(25)20-10-15(23(2)3)16-5-4-8-26-16/h4-9,15H,10-11H2,1-3H3,(H,22,24)(H2,20,21,25). The van der Waals surface area contributed by atoms with Crippen LogP contribution in [0, 0.1) is 6.92 Å². The van der Waals surface area contributed by atoms with E-state index in [0.717, 1.165) is 15.7 Å². The van der Waals surface area contributed by atoms with E-state index >= 15 is 0 Å². The van der Waals surface area contributed by atoms with Crippen molar-refractivity contribution in [3.8, 4) is 0 Å². The van der Waals surface area contributed by atoms with Crippen LogP contribution in [0.5, 0.6) is 0 Å². The zero-order valence-corrected chi connectivity index (χ0v) is 17.4. The van der Waals surface area contributed by atoms with Gasteiger partial charge in [-0.1, -0.05) is 22.0 Å². The molecule has 0 spiro atoms. The highest BCUT2D eigenvalue weighted by atomic mass is 79.9. The number of carbonyl (C=O) groups is 2. The lowest BCUT2D eigenvalue weighted by atomic mass is 10.2. The molecule has 0 fully saturated rings. The summed E-state index contributed by atoms with van der Waals surface area (Å²) in [6, 6.07) is 9.36. The molecule has 1 unspecified atom stereocenters.